The van der Waals surface area contributed by atoms with Gasteiger partial charge in [-0.25, -0.2) is 9.78 Å². The summed E-state index contributed by atoms with van der Waals surface area (Å²) in [5, 5.41) is 4.59. The van der Waals surface area contributed by atoms with Gasteiger partial charge in [-0.3, -0.25) is 14.9 Å². The number of nitrogens with zero attached hydrogens (tertiary/aromatic N) is 1. The molecule has 0 spiro atoms. The van der Waals surface area contributed by atoms with Crippen molar-refractivity contribution in [2.75, 3.05) is 18.9 Å². The van der Waals surface area contributed by atoms with Crippen molar-refractivity contribution in [2.24, 2.45) is 0 Å². The van der Waals surface area contributed by atoms with E-state index in [1.807, 2.05) is 31.2 Å². The van der Waals surface area contributed by atoms with Crippen molar-refractivity contribution in [3.8, 4) is 0 Å². The summed E-state index contributed by atoms with van der Waals surface area (Å²) in [4.78, 5) is 38.9. The van der Waals surface area contributed by atoms with E-state index in [4.69, 9.17) is 4.74 Å². The highest BCUT2D eigenvalue weighted by Crippen LogP contribution is 2.29. The van der Waals surface area contributed by atoms with Crippen LogP contribution in [0.2, 0.25) is 0 Å². The Hall–Kier alpha value is -2.13. The normalized spacial score (nSPS) is 10.5. The fraction of sp³-hybridized carbons (Fsp3) is 0.412. The van der Waals surface area contributed by atoms with Gasteiger partial charge in [0.15, 0.2) is 10.9 Å². The molecule has 0 bridgehead atoms. The molecule has 0 radical (unpaired) electrons. The number of hydrogen-bond donors (Lipinski definition) is 2. The highest BCUT2D eigenvalue weighted by Gasteiger charge is 2.11. The number of thioether (sulfide) groups is 1. The van der Waals surface area contributed by atoms with Crippen LogP contribution in [0.4, 0.5) is 4.79 Å². The maximum atomic E-state index is 11.6. The van der Waals surface area contributed by atoms with Crippen LogP contribution < -0.4 is 10.6 Å². The van der Waals surface area contributed by atoms with E-state index in [2.05, 4.69) is 15.6 Å². The first-order valence-electron chi connectivity index (χ1n) is 8.30. The quantitative estimate of drug-likeness (QED) is 0.385. The number of ether oxygens (including phenoxy) is 1. The van der Waals surface area contributed by atoms with Crippen molar-refractivity contribution in [2.45, 2.75) is 30.5 Å². The number of benzene rings is 1. The minimum Gasteiger partial charge on any atom is -0.456 e. The molecule has 0 fully saturated rings. The standard InChI is InChI=1S/C17H21N3O4S2/c1-2-9-18-16(23)20-14(21)11-24-15(22)8-5-10-25-17-19-12-6-3-4-7-13(12)26-17/h3-4,6-7H,2,5,8-11H2,1H3,(H2,18,20,21,23). The summed E-state index contributed by atoms with van der Waals surface area (Å²) in [6, 6.07) is 7.35. The smallest absolute Gasteiger partial charge is 0.321 e. The summed E-state index contributed by atoms with van der Waals surface area (Å²) in [6.45, 7) is 1.92. The van der Waals surface area contributed by atoms with Crippen LogP contribution in [0.3, 0.4) is 0 Å². The first-order valence-corrected chi connectivity index (χ1v) is 10.1. The molecule has 0 aliphatic heterocycles. The molecule has 3 amide bonds. The van der Waals surface area contributed by atoms with E-state index < -0.39 is 24.5 Å². The molecule has 140 valence electrons. The number of hydrogen-bond acceptors (Lipinski definition) is 7. The number of para-hydroxylation sites is 1. The summed E-state index contributed by atoms with van der Waals surface area (Å²) in [7, 11) is 0. The number of fused-ring (bicyclic) bond motifs is 1. The minimum absolute atomic E-state index is 0.215. The average Bonchev–Trinajstić information content (AvgIpc) is 3.04. The van der Waals surface area contributed by atoms with E-state index >= 15 is 0 Å². The molecule has 1 aromatic carbocycles. The van der Waals surface area contributed by atoms with Gasteiger partial charge in [0.25, 0.3) is 5.91 Å². The zero-order valence-corrected chi connectivity index (χ0v) is 16.1. The number of thiazole rings is 1. The van der Waals surface area contributed by atoms with Gasteiger partial charge in [-0.2, -0.15) is 0 Å². The molecule has 2 aromatic rings. The van der Waals surface area contributed by atoms with Gasteiger partial charge in [0, 0.05) is 18.7 Å². The third-order valence-corrected chi connectivity index (χ3v) is 5.44. The summed E-state index contributed by atoms with van der Waals surface area (Å²) in [6.07, 6.45) is 1.61. The SMILES string of the molecule is CCCNC(=O)NC(=O)COC(=O)CCCSc1nc2ccccc2s1. The fourth-order valence-corrected chi connectivity index (χ4v) is 4.03. The van der Waals surface area contributed by atoms with E-state index in [0.717, 1.165) is 26.7 Å². The Bertz CT molecular complexity index is 730. The Labute approximate surface area is 159 Å². The van der Waals surface area contributed by atoms with E-state index in [0.29, 0.717) is 13.0 Å². The Morgan fingerprint density at radius 3 is 2.85 bits per heavy atom. The molecular weight excluding hydrogens is 374 g/mol. The monoisotopic (exact) mass is 395 g/mol. The highest BCUT2D eigenvalue weighted by atomic mass is 32.2. The van der Waals surface area contributed by atoms with Crippen molar-refractivity contribution in [3.63, 3.8) is 0 Å². The first-order chi connectivity index (χ1) is 12.6. The summed E-state index contributed by atoms with van der Waals surface area (Å²) in [5.41, 5.74) is 0.980. The number of carbonyl (C=O) groups excluding carboxylic acids is 3. The summed E-state index contributed by atoms with van der Waals surface area (Å²) < 4.78 is 6.97. The van der Waals surface area contributed by atoms with Crippen molar-refractivity contribution < 1.29 is 19.1 Å². The van der Waals surface area contributed by atoms with Gasteiger partial charge in [0.2, 0.25) is 0 Å². The third kappa shape index (κ3) is 7.01. The molecule has 0 aliphatic carbocycles. The molecule has 26 heavy (non-hydrogen) atoms. The van der Waals surface area contributed by atoms with Crippen molar-refractivity contribution in [3.05, 3.63) is 24.3 Å². The molecule has 1 heterocycles. The topological polar surface area (TPSA) is 97.4 Å². The van der Waals surface area contributed by atoms with E-state index in [1.165, 1.54) is 0 Å². The molecule has 0 atom stereocenters. The molecular formula is C17H21N3O4S2. The Balaban J connectivity index is 1.58. The largest absolute Gasteiger partial charge is 0.456 e. The summed E-state index contributed by atoms with van der Waals surface area (Å²) in [5.74, 6) is -0.365. The lowest BCUT2D eigenvalue weighted by Crippen LogP contribution is -2.41. The molecule has 7 nitrogen and oxygen atoms in total. The zero-order chi connectivity index (χ0) is 18.8. The number of esters is 1. The number of carbonyl (C=O) groups is 3. The van der Waals surface area contributed by atoms with Crippen molar-refractivity contribution in [1.82, 2.24) is 15.6 Å². The number of aromatic nitrogens is 1. The molecule has 0 saturated heterocycles. The van der Waals surface area contributed by atoms with Crippen LogP contribution in [0.25, 0.3) is 10.2 Å². The molecule has 2 N–H and O–H groups in total. The lowest BCUT2D eigenvalue weighted by atomic mass is 10.3. The molecule has 9 heteroatoms. The molecule has 0 aliphatic rings. The number of amides is 3. The van der Waals surface area contributed by atoms with Crippen LogP contribution in [-0.4, -0.2) is 41.8 Å². The van der Waals surface area contributed by atoms with Crippen LogP contribution in [0.15, 0.2) is 28.6 Å². The fourth-order valence-electron chi connectivity index (χ4n) is 1.95. The Kier molecular flexibility index (Phi) is 8.36. The summed E-state index contributed by atoms with van der Waals surface area (Å²) >= 11 is 3.22. The predicted molar refractivity (Wildman–Crippen MR) is 102 cm³/mol. The van der Waals surface area contributed by atoms with Crippen molar-refractivity contribution >= 4 is 51.2 Å². The zero-order valence-electron chi connectivity index (χ0n) is 14.4. The number of nitrogens with one attached hydrogen (secondary N) is 2. The van der Waals surface area contributed by atoms with Gasteiger partial charge < -0.3 is 10.1 Å². The number of urea groups is 1. The highest BCUT2D eigenvalue weighted by molar-refractivity contribution is 8.01. The van der Waals surface area contributed by atoms with Crippen LogP contribution >= 0.6 is 23.1 Å². The van der Waals surface area contributed by atoms with Crippen LogP contribution in [-0.2, 0) is 14.3 Å². The predicted octanol–water partition coefficient (Wildman–Crippen LogP) is 2.95. The van der Waals surface area contributed by atoms with Crippen LogP contribution in [0, 0.1) is 0 Å². The van der Waals surface area contributed by atoms with Crippen LogP contribution in [0.5, 0.6) is 0 Å². The number of rotatable bonds is 9. The van der Waals surface area contributed by atoms with Gasteiger partial charge in [0.1, 0.15) is 0 Å². The minimum atomic E-state index is -0.643. The third-order valence-electron chi connectivity index (χ3n) is 3.18. The molecule has 0 unspecified atom stereocenters. The van der Waals surface area contributed by atoms with Gasteiger partial charge in [0.05, 0.1) is 10.2 Å². The maximum Gasteiger partial charge on any atom is 0.321 e. The van der Waals surface area contributed by atoms with Gasteiger partial charge in [-0.15, -0.1) is 11.3 Å². The van der Waals surface area contributed by atoms with Gasteiger partial charge in [-0.05, 0) is 25.0 Å². The van der Waals surface area contributed by atoms with Gasteiger partial charge in [-0.1, -0.05) is 30.8 Å². The van der Waals surface area contributed by atoms with E-state index in [1.54, 1.807) is 23.1 Å². The van der Waals surface area contributed by atoms with E-state index in [9.17, 15) is 14.4 Å². The molecule has 0 saturated carbocycles. The lowest BCUT2D eigenvalue weighted by Gasteiger charge is -2.06. The second kappa shape index (κ2) is 10.8. The van der Waals surface area contributed by atoms with Crippen molar-refractivity contribution in [1.29, 1.82) is 0 Å². The van der Waals surface area contributed by atoms with Crippen LogP contribution in [0.1, 0.15) is 26.2 Å². The average molecular weight is 396 g/mol. The molecule has 2 rings (SSSR count). The second-order valence-electron chi connectivity index (χ2n) is 5.36. The Morgan fingerprint density at radius 1 is 1.27 bits per heavy atom. The number of imide groups is 1. The molecule has 1 aromatic heterocycles. The van der Waals surface area contributed by atoms with Gasteiger partial charge >= 0.3 is 12.0 Å². The lowest BCUT2D eigenvalue weighted by molar-refractivity contribution is -0.148. The first kappa shape index (κ1) is 20.2. The Morgan fingerprint density at radius 2 is 2.08 bits per heavy atom. The maximum absolute atomic E-state index is 11.6. The van der Waals surface area contributed by atoms with E-state index in [-0.39, 0.29) is 6.42 Å². The second-order valence-corrected chi connectivity index (χ2v) is 7.74.